The Bertz CT molecular complexity index is 1180. The van der Waals surface area contributed by atoms with Gasteiger partial charge in [0.05, 0.1) is 18.6 Å². The van der Waals surface area contributed by atoms with Gasteiger partial charge in [-0.25, -0.2) is 4.98 Å². The number of alkyl halides is 3. The number of hydrogen-bond acceptors (Lipinski definition) is 9. The number of amides is 2. The second kappa shape index (κ2) is 10.3. The molecule has 0 spiro atoms. The number of carbonyl (C=O) groups is 2. The van der Waals surface area contributed by atoms with E-state index in [2.05, 4.69) is 26.0 Å². The Morgan fingerprint density at radius 1 is 1.19 bits per heavy atom. The molecule has 1 saturated heterocycles. The molecule has 1 saturated carbocycles. The van der Waals surface area contributed by atoms with Gasteiger partial charge in [-0.05, 0) is 31.4 Å². The van der Waals surface area contributed by atoms with Gasteiger partial charge in [-0.15, -0.1) is 0 Å². The molecule has 2 amide bonds. The molecule has 36 heavy (non-hydrogen) atoms. The Kier molecular flexibility index (Phi) is 7.18. The summed E-state index contributed by atoms with van der Waals surface area (Å²) in [7, 11) is 0. The van der Waals surface area contributed by atoms with Crippen LogP contribution in [0.2, 0.25) is 0 Å². The number of halogens is 3. The predicted octanol–water partition coefficient (Wildman–Crippen LogP) is 1.58. The number of nitrogens with zero attached hydrogens (tertiary/aromatic N) is 6. The molecule has 1 aliphatic carbocycles. The zero-order chi connectivity index (χ0) is 25.9. The second-order valence-electron chi connectivity index (χ2n) is 8.66. The SMILES string of the molecule is N#CC1C[C@@H]1COc1nc(C(=O)NCC(F)(F)F)nc(N2CCC(c3cccc(C(N)=O)n3)CC2)n1. The number of carbonyl (C=O) groups excluding carboxylic acids is 2. The van der Waals surface area contributed by atoms with Crippen molar-refractivity contribution in [3.63, 3.8) is 0 Å². The number of anilines is 1. The summed E-state index contributed by atoms with van der Waals surface area (Å²) in [5.41, 5.74) is 6.23. The lowest BCUT2D eigenvalue weighted by Crippen LogP contribution is -2.37. The number of ether oxygens (including phenoxy) is 1. The number of nitriles is 1. The highest BCUT2D eigenvalue weighted by Gasteiger charge is 2.38. The molecule has 2 aliphatic rings. The largest absolute Gasteiger partial charge is 0.463 e. The average Bonchev–Trinajstić information content (AvgIpc) is 3.64. The van der Waals surface area contributed by atoms with E-state index in [9.17, 15) is 22.8 Å². The summed E-state index contributed by atoms with van der Waals surface area (Å²) in [6.45, 7) is -0.467. The van der Waals surface area contributed by atoms with E-state index in [1.807, 2.05) is 6.07 Å². The molecule has 4 rings (SSSR count). The molecule has 0 radical (unpaired) electrons. The maximum atomic E-state index is 12.6. The fourth-order valence-corrected chi connectivity index (χ4v) is 3.88. The molecule has 3 N–H and O–H groups in total. The van der Waals surface area contributed by atoms with Crippen molar-refractivity contribution in [2.45, 2.75) is 31.4 Å². The van der Waals surface area contributed by atoms with Gasteiger partial charge in [0.2, 0.25) is 11.8 Å². The van der Waals surface area contributed by atoms with E-state index in [4.69, 9.17) is 15.7 Å². The maximum Gasteiger partial charge on any atom is 0.405 e. The molecule has 2 aromatic rings. The van der Waals surface area contributed by atoms with Gasteiger partial charge in [0, 0.05) is 30.6 Å². The van der Waals surface area contributed by atoms with Crippen molar-refractivity contribution in [1.29, 1.82) is 5.26 Å². The van der Waals surface area contributed by atoms with Gasteiger partial charge in [-0.1, -0.05) is 6.07 Å². The van der Waals surface area contributed by atoms with Gasteiger partial charge in [0.25, 0.3) is 11.8 Å². The highest BCUT2D eigenvalue weighted by molar-refractivity contribution is 5.91. The summed E-state index contributed by atoms with van der Waals surface area (Å²) in [6.07, 6.45) is -2.67. The number of aromatic nitrogens is 4. The number of primary amides is 1. The van der Waals surface area contributed by atoms with E-state index in [1.54, 1.807) is 22.3 Å². The number of rotatable bonds is 8. The lowest BCUT2D eigenvalue weighted by molar-refractivity contribution is -0.123. The number of nitrogens with two attached hydrogens (primary N) is 1. The van der Waals surface area contributed by atoms with E-state index in [1.165, 1.54) is 0 Å². The zero-order valence-electron chi connectivity index (χ0n) is 19.0. The van der Waals surface area contributed by atoms with Crippen molar-refractivity contribution in [2.24, 2.45) is 17.6 Å². The minimum absolute atomic E-state index is 0.0112. The molecule has 1 unspecified atom stereocenters. The molecule has 2 fully saturated rings. The Morgan fingerprint density at radius 2 is 1.94 bits per heavy atom. The van der Waals surface area contributed by atoms with E-state index in [-0.39, 0.29) is 42.0 Å². The van der Waals surface area contributed by atoms with Gasteiger partial charge in [0.1, 0.15) is 12.2 Å². The molecule has 190 valence electrons. The average molecular weight is 504 g/mol. The number of hydrogen-bond donors (Lipinski definition) is 2. The van der Waals surface area contributed by atoms with Gasteiger partial charge >= 0.3 is 12.2 Å². The van der Waals surface area contributed by atoms with Gasteiger partial charge in [-0.3, -0.25) is 9.59 Å². The van der Waals surface area contributed by atoms with Crippen LogP contribution in [0.4, 0.5) is 19.1 Å². The van der Waals surface area contributed by atoms with Crippen molar-refractivity contribution < 1.29 is 27.5 Å². The molecular weight excluding hydrogens is 481 g/mol. The van der Waals surface area contributed by atoms with Crippen molar-refractivity contribution in [1.82, 2.24) is 25.3 Å². The van der Waals surface area contributed by atoms with Crippen LogP contribution in [0, 0.1) is 23.2 Å². The summed E-state index contributed by atoms with van der Waals surface area (Å²) >= 11 is 0. The van der Waals surface area contributed by atoms with Crippen LogP contribution in [0.5, 0.6) is 6.01 Å². The Morgan fingerprint density at radius 3 is 2.58 bits per heavy atom. The normalized spacial score (nSPS) is 19.9. The Labute approximate surface area is 203 Å². The minimum Gasteiger partial charge on any atom is -0.463 e. The van der Waals surface area contributed by atoms with E-state index in [0.29, 0.717) is 32.4 Å². The predicted molar refractivity (Wildman–Crippen MR) is 118 cm³/mol. The van der Waals surface area contributed by atoms with Crippen LogP contribution in [0.15, 0.2) is 18.2 Å². The Balaban J connectivity index is 1.48. The molecule has 3 heterocycles. The second-order valence-corrected chi connectivity index (χ2v) is 8.66. The molecule has 2 aromatic heterocycles. The van der Waals surface area contributed by atoms with E-state index < -0.39 is 30.4 Å². The third-order valence-electron chi connectivity index (χ3n) is 5.99. The Hall–Kier alpha value is -4.02. The smallest absolute Gasteiger partial charge is 0.405 e. The first-order chi connectivity index (χ1) is 17.1. The van der Waals surface area contributed by atoms with Gasteiger partial charge < -0.3 is 20.7 Å². The monoisotopic (exact) mass is 504 g/mol. The zero-order valence-corrected chi connectivity index (χ0v) is 19.0. The molecular formula is C22H23F3N8O3. The number of pyridine rings is 1. The fourth-order valence-electron chi connectivity index (χ4n) is 3.88. The molecule has 11 nitrogen and oxygen atoms in total. The lowest BCUT2D eigenvalue weighted by atomic mass is 9.93. The maximum absolute atomic E-state index is 12.6. The summed E-state index contributed by atoms with van der Waals surface area (Å²) in [5, 5.41) is 10.7. The third-order valence-corrected chi connectivity index (χ3v) is 5.99. The van der Waals surface area contributed by atoms with Crippen LogP contribution in [0.25, 0.3) is 0 Å². The minimum atomic E-state index is -4.59. The van der Waals surface area contributed by atoms with Gasteiger partial charge in [0.15, 0.2) is 0 Å². The number of nitrogens with one attached hydrogen (secondary N) is 1. The first-order valence-corrected chi connectivity index (χ1v) is 11.3. The summed E-state index contributed by atoms with van der Waals surface area (Å²) < 4.78 is 43.2. The first-order valence-electron chi connectivity index (χ1n) is 11.3. The topological polar surface area (TPSA) is 160 Å². The lowest BCUT2D eigenvalue weighted by Gasteiger charge is -2.31. The summed E-state index contributed by atoms with van der Waals surface area (Å²) in [6, 6.07) is 7.01. The van der Waals surface area contributed by atoms with Crippen LogP contribution < -0.4 is 20.7 Å². The van der Waals surface area contributed by atoms with E-state index >= 15 is 0 Å². The molecule has 14 heteroatoms. The molecule has 0 aromatic carbocycles. The first kappa shape index (κ1) is 25.1. The molecule has 0 bridgehead atoms. The summed E-state index contributed by atoms with van der Waals surface area (Å²) in [5.74, 6) is -2.18. The van der Waals surface area contributed by atoms with Crippen LogP contribution in [-0.4, -0.2) is 64.2 Å². The highest BCUT2D eigenvalue weighted by Crippen LogP contribution is 2.37. The third kappa shape index (κ3) is 6.35. The van der Waals surface area contributed by atoms with Crippen LogP contribution in [-0.2, 0) is 0 Å². The van der Waals surface area contributed by atoms with Gasteiger partial charge in [-0.2, -0.15) is 33.4 Å². The number of piperidine rings is 1. The highest BCUT2D eigenvalue weighted by atomic mass is 19.4. The fraction of sp³-hybridized carbons (Fsp3) is 0.500. The summed E-state index contributed by atoms with van der Waals surface area (Å²) in [4.78, 5) is 42.1. The van der Waals surface area contributed by atoms with Crippen molar-refractivity contribution in [3.05, 3.63) is 35.4 Å². The van der Waals surface area contributed by atoms with E-state index in [0.717, 1.165) is 5.69 Å². The van der Waals surface area contributed by atoms with Crippen molar-refractivity contribution in [3.8, 4) is 12.1 Å². The van der Waals surface area contributed by atoms with Crippen LogP contribution in [0.1, 0.15) is 52.0 Å². The quantitative estimate of drug-likeness (QED) is 0.544. The van der Waals surface area contributed by atoms with Crippen molar-refractivity contribution in [2.75, 3.05) is 31.1 Å². The molecule has 1 aliphatic heterocycles. The standard InChI is InChI=1S/C22H23F3N8O3/c23-22(24,25)11-28-19(35)18-30-20(32-21(31-18)36-10-14-8-13(14)9-26)33-6-4-12(5-7-33)15-2-1-3-16(29-15)17(27)34/h1-3,12-14H,4-8,10-11H2,(H2,27,34)(H,28,35)/t13?,14-/m1/s1. The van der Waals surface area contributed by atoms with Crippen LogP contribution >= 0.6 is 0 Å². The van der Waals surface area contributed by atoms with Crippen molar-refractivity contribution >= 4 is 17.8 Å². The van der Waals surface area contributed by atoms with Crippen LogP contribution in [0.3, 0.4) is 0 Å². The molecule has 2 atom stereocenters.